The third-order valence-electron chi connectivity index (χ3n) is 2.57. The number of phenolic OH excluding ortho intramolecular Hbond substituents is 2. The minimum absolute atomic E-state index is 0.113. The number of aromatic hydroxyl groups is 2. The van der Waals surface area contributed by atoms with Gasteiger partial charge in [0.1, 0.15) is 17.2 Å². The summed E-state index contributed by atoms with van der Waals surface area (Å²) in [6.45, 7) is 0. The summed E-state index contributed by atoms with van der Waals surface area (Å²) in [6, 6.07) is 10.4. The van der Waals surface area contributed by atoms with E-state index < -0.39 is 5.91 Å². The van der Waals surface area contributed by atoms with E-state index in [2.05, 4.69) is 5.32 Å². The molecule has 0 saturated heterocycles. The minimum Gasteiger partial charge on any atom is -0.508 e. The molecule has 3 N–H and O–H groups in total. The fourth-order valence-corrected chi connectivity index (χ4v) is 1.57. The Balaban J connectivity index is 2.22. The first-order valence-electron chi connectivity index (χ1n) is 5.57. The standard InChI is InChI=1S/C14H13NO4/c1-19-11-6-7-13(17)12(8-11)14(18)15-9-2-4-10(16)5-3-9/h2-8,16-17H,1H3,(H,15,18). The van der Waals surface area contributed by atoms with Crippen molar-refractivity contribution in [2.24, 2.45) is 0 Å². The molecule has 0 aliphatic carbocycles. The highest BCUT2D eigenvalue weighted by atomic mass is 16.5. The van der Waals surface area contributed by atoms with Gasteiger partial charge in [-0.2, -0.15) is 0 Å². The second-order valence-electron chi connectivity index (χ2n) is 3.88. The first-order chi connectivity index (χ1) is 9.10. The van der Waals surface area contributed by atoms with Gasteiger partial charge < -0.3 is 20.3 Å². The number of ether oxygens (including phenoxy) is 1. The Morgan fingerprint density at radius 2 is 1.79 bits per heavy atom. The van der Waals surface area contributed by atoms with Crippen LogP contribution in [0.15, 0.2) is 42.5 Å². The molecule has 0 aromatic heterocycles. The predicted octanol–water partition coefficient (Wildman–Crippen LogP) is 2.36. The van der Waals surface area contributed by atoms with Crippen LogP contribution in [0.4, 0.5) is 5.69 Å². The zero-order valence-electron chi connectivity index (χ0n) is 10.3. The molecule has 2 aromatic rings. The summed E-state index contributed by atoms with van der Waals surface area (Å²) in [5.74, 6) is 0.00931. The van der Waals surface area contributed by atoms with E-state index in [1.165, 1.54) is 31.4 Å². The topological polar surface area (TPSA) is 78.8 Å². The molecule has 0 spiro atoms. The van der Waals surface area contributed by atoms with E-state index in [9.17, 15) is 9.90 Å². The Bertz CT molecular complexity index is 593. The van der Waals surface area contributed by atoms with Crippen LogP contribution in [0.1, 0.15) is 10.4 Å². The predicted molar refractivity (Wildman–Crippen MR) is 70.7 cm³/mol. The van der Waals surface area contributed by atoms with Crippen LogP contribution in [0.5, 0.6) is 17.2 Å². The number of hydrogen-bond acceptors (Lipinski definition) is 4. The number of phenols is 2. The molecule has 1 amide bonds. The van der Waals surface area contributed by atoms with Gasteiger partial charge in [-0.3, -0.25) is 4.79 Å². The highest BCUT2D eigenvalue weighted by Gasteiger charge is 2.12. The van der Waals surface area contributed by atoms with Crippen molar-refractivity contribution in [3.63, 3.8) is 0 Å². The van der Waals surface area contributed by atoms with Crippen LogP contribution in [0, 0.1) is 0 Å². The third kappa shape index (κ3) is 2.95. The molecule has 0 saturated carbocycles. The first kappa shape index (κ1) is 12.8. The zero-order valence-corrected chi connectivity index (χ0v) is 10.3. The van der Waals surface area contributed by atoms with Gasteiger partial charge >= 0.3 is 0 Å². The molecule has 0 heterocycles. The van der Waals surface area contributed by atoms with Crippen molar-refractivity contribution >= 4 is 11.6 Å². The molecule has 0 radical (unpaired) electrons. The lowest BCUT2D eigenvalue weighted by Gasteiger charge is -2.08. The molecular formula is C14H13NO4. The molecule has 0 aliphatic rings. The van der Waals surface area contributed by atoms with Crippen LogP contribution in [-0.4, -0.2) is 23.2 Å². The summed E-state index contributed by atoms with van der Waals surface area (Å²) in [7, 11) is 1.48. The van der Waals surface area contributed by atoms with Crippen LogP contribution < -0.4 is 10.1 Å². The summed E-state index contributed by atoms with van der Waals surface area (Å²) < 4.78 is 5.00. The summed E-state index contributed by atoms with van der Waals surface area (Å²) in [5.41, 5.74) is 0.637. The Kier molecular flexibility index (Phi) is 3.56. The van der Waals surface area contributed by atoms with Crippen molar-refractivity contribution in [1.82, 2.24) is 0 Å². The highest BCUT2D eigenvalue weighted by Crippen LogP contribution is 2.24. The number of benzene rings is 2. The van der Waals surface area contributed by atoms with Crippen LogP contribution in [0.3, 0.4) is 0 Å². The van der Waals surface area contributed by atoms with E-state index in [1.807, 2.05) is 0 Å². The molecule has 98 valence electrons. The van der Waals surface area contributed by atoms with E-state index in [0.717, 1.165) is 0 Å². The van der Waals surface area contributed by atoms with Crippen molar-refractivity contribution in [3.8, 4) is 17.2 Å². The molecular weight excluding hydrogens is 246 g/mol. The minimum atomic E-state index is -0.456. The largest absolute Gasteiger partial charge is 0.508 e. The number of methoxy groups -OCH3 is 1. The van der Waals surface area contributed by atoms with Crippen molar-refractivity contribution in [3.05, 3.63) is 48.0 Å². The third-order valence-corrected chi connectivity index (χ3v) is 2.57. The fraction of sp³-hybridized carbons (Fsp3) is 0.0714. The molecule has 5 heteroatoms. The lowest BCUT2D eigenvalue weighted by Crippen LogP contribution is -2.12. The molecule has 2 aromatic carbocycles. The Labute approximate surface area is 110 Å². The van der Waals surface area contributed by atoms with Crippen LogP contribution in [0.25, 0.3) is 0 Å². The summed E-state index contributed by atoms with van der Waals surface area (Å²) in [6.07, 6.45) is 0. The van der Waals surface area contributed by atoms with Gasteiger partial charge in [0.25, 0.3) is 5.91 Å². The number of amides is 1. The van der Waals surface area contributed by atoms with Crippen LogP contribution in [0.2, 0.25) is 0 Å². The van der Waals surface area contributed by atoms with Crippen molar-refractivity contribution < 1.29 is 19.7 Å². The first-order valence-corrected chi connectivity index (χ1v) is 5.57. The number of rotatable bonds is 3. The average molecular weight is 259 g/mol. The molecule has 2 rings (SSSR count). The molecule has 0 aliphatic heterocycles. The maximum absolute atomic E-state index is 12.0. The summed E-state index contributed by atoms with van der Waals surface area (Å²) in [4.78, 5) is 12.0. The maximum Gasteiger partial charge on any atom is 0.259 e. The maximum atomic E-state index is 12.0. The summed E-state index contributed by atoms with van der Waals surface area (Å²) in [5, 5.41) is 21.4. The number of nitrogens with one attached hydrogen (secondary N) is 1. The van der Waals surface area contributed by atoms with Gasteiger partial charge in [0.2, 0.25) is 0 Å². The van der Waals surface area contributed by atoms with Crippen molar-refractivity contribution in [2.75, 3.05) is 12.4 Å². The monoisotopic (exact) mass is 259 g/mol. The van der Waals surface area contributed by atoms with Crippen LogP contribution >= 0.6 is 0 Å². The number of carbonyl (C=O) groups is 1. The van der Waals surface area contributed by atoms with Gasteiger partial charge in [0.15, 0.2) is 0 Å². The van der Waals surface area contributed by atoms with Crippen molar-refractivity contribution in [2.45, 2.75) is 0 Å². The molecule has 0 fully saturated rings. The van der Waals surface area contributed by atoms with E-state index in [1.54, 1.807) is 18.2 Å². The molecule has 0 unspecified atom stereocenters. The normalized spacial score (nSPS) is 9.95. The molecule has 0 atom stereocenters. The quantitative estimate of drug-likeness (QED) is 0.739. The van der Waals surface area contributed by atoms with Gasteiger partial charge in [-0.25, -0.2) is 0 Å². The van der Waals surface area contributed by atoms with E-state index in [0.29, 0.717) is 11.4 Å². The van der Waals surface area contributed by atoms with Gasteiger partial charge in [-0.15, -0.1) is 0 Å². The molecule has 0 bridgehead atoms. The Hall–Kier alpha value is -2.69. The SMILES string of the molecule is COc1ccc(O)c(C(=O)Nc2ccc(O)cc2)c1. The average Bonchev–Trinajstić information content (AvgIpc) is 2.42. The smallest absolute Gasteiger partial charge is 0.259 e. The van der Waals surface area contributed by atoms with Crippen LogP contribution in [-0.2, 0) is 0 Å². The fourth-order valence-electron chi connectivity index (χ4n) is 1.57. The van der Waals surface area contributed by atoms with E-state index in [-0.39, 0.29) is 17.1 Å². The van der Waals surface area contributed by atoms with E-state index >= 15 is 0 Å². The Morgan fingerprint density at radius 1 is 1.11 bits per heavy atom. The molecule has 19 heavy (non-hydrogen) atoms. The second kappa shape index (κ2) is 5.30. The molecule has 5 nitrogen and oxygen atoms in total. The number of carbonyl (C=O) groups excluding carboxylic acids is 1. The lowest BCUT2D eigenvalue weighted by molar-refractivity contribution is 0.102. The lowest BCUT2D eigenvalue weighted by atomic mass is 10.1. The van der Waals surface area contributed by atoms with E-state index in [4.69, 9.17) is 9.84 Å². The zero-order chi connectivity index (χ0) is 13.8. The summed E-state index contributed by atoms with van der Waals surface area (Å²) >= 11 is 0. The number of anilines is 1. The van der Waals surface area contributed by atoms with Gasteiger partial charge in [0, 0.05) is 5.69 Å². The van der Waals surface area contributed by atoms with Crippen molar-refractivity contribution in [1.29, 1.82) is 0 Å². The van der Waals surface area contributed by atoms with Gasteiger partial charge in [-0.05, 0) is 42.5 Å². The number of hydrogen-bond donors (Lipinski definition) is 3. The Morgan fingerprint density at radius 3 is 2.42 bits per heavy atom. The second-order valence-corrected chi connectivity index (χ2v) is 3.88. The highest BCUT2D eigenvalue weighted by molar-refractivity contribution is 6.06. The van der Waals surface area contributed by atoms with Gasteiger partial charge in [0.05, 0.1) is 12.7 Å². The van der Waals surface area contributed by atoms with Gasteiger partial charge in [-0.1, -0.05) is 0 Å².